The second-order valence-corrected chi connectivity index (χ2v) is 10.4. The number of anilines is 2. The summed E-state index contributed by atoms with van der Waals surface area (Å²) in [7, 11) is 1.51. The van der Waals surface area contributed by atoms with E-state index in [1.165, 1.54) is 12.0 Å². The van der Waals surface area contributed by atoms with Gasteiger partial charge >= 0.3 is 6.03 Å². The summed E-state index contributed by atoms with van der Waals surface area (Å²) in [4.78, 5) is 35.2. The number of carbonyl (C=O) groups excluding carboxylic acids is 2. The maximum atomic E-state index is 14.2. The third kappa shape index (κ3) is 3.78. The number of nitrogens with one attached hydrogen (secondary N) is 1. The molecule has 38 heavy (non-hydrogen) atoms. The van der Waals surface area contributed by atoms with Crippen LogP contribution < -0.4 is 19.7 Å². The Balaban J connectivity index is 1.64. The minimum Gasteiger partial charge on any atom is -0.494 e. The predicted octanol–water partition coefficient (Wildman–Crippen LogP) is 6.23. The number of benzene rings is 3. The van der Waals surface area contributed by atoms with Gasteiger partial charge in [-0.15, -0.1) is 0 Å². The molecular weight excluding hydrogens is 527 g/mol. The largest absolute Gasteiger partial charge is 0.494 e. The van der Waals surface area contributed by atoms with Crippen LogP contribution >= 0.6 is 23.2 Å². The van der Waals surface area contributed by atoms with E-state index in [1.54, 1.807) is 29.2 Å². The van der Waals surface area contributed by atoms with Gasteiger partial charge in [-0.2, -0.15) is 0 Å². The summed E-state index contributed by atoms with van der Waals surface area (Å²) in [5, 5.41) is 3.99. The standard InChI is InChI=1S/C28H24Cl2N4O4/c1-14(2)38-19-12-20(37-3)24-26-22(19)27-32-23(15-8-10-16(29)11-9-15)25(17-6-4-5-7-18(17)30)34(27)28(36)33(26)13-21(35)31-24/h4-12,14,23,25H,13H2,1-3H3,(H,31,35)/t23-,25?/m0/s1. The SMILES string of the molecule is COc1cc(OC(C)C)c2c3c1NC(=O)CN3C(=O)N1C2=N[C@@H](c2ccc(Cl)cc2)C1c1ccccc1Cl. The highest BCUT2D eigenvalue weighted by atomic mass is 35.5. The van der Waals surface area contributed by atoms with Gasteiger partial charge in [0.15, 0.2) is 0 Å². The van der Waals surface area contributed by atoms with Crippen molar-refractivity contribution in [3.63, 3.8) is 0 Å². The van der Waals surface area contributed by atoms with Gasteiger partial charge in [-0.3, -0.25) is 19.6 Å². The molecule has 0 aromatic heterocycles. The van der Waals surface area contributed by atoms with Gasteiger partial charge in [0.1, 0.15) is 35.6 Å². The zero-order valence-corrected chi connectivity index (χ0v) is 22.4. The molecule has 0 radical (unpaired) electrons. The van der Waals surface area contributed by atoms with Crippen LogP contribution in [-0.4, -0.2) is 42.4 Å². The quantitative estimate of drug-likeness (QED) is 0.408. The number of methoxy groups -OCH3 is 1. The molecule has 3 amide bonds. The molecule has 3 aromatic rings. The number of urea groups is 1. The highest BCUT2D eigenvalue weighted by Gasteiger charge is 2.52. The number of hydrogen-bond donors (Lipinski definition) is 1. The topological polar surface area (TPSA) is 83.5 Å². The van der Waals surface area contributed by atoms with E-state index in [0.717, 1.165) is 11.1 Å². The highest BCUT2D eigenvalue weighted by molar-refractivity contribution is 6.32. The Morgan fingerprint density at radius 2 is 1.79 bits per heavy atom. The maximum absolute atomic E-state index is 14.2. The first-order chi connectivity index (χ1) is 18.3. The molecule has 0 bridgehead atoms. The lowest BCUT2D eigenvalue weighted by Gasteiger charge is -2.42. The fraction of sp³-hybridized carbons (Fsp3) is 0.250. The van der Waals surface area contributed by atoms with E-state index in [1.807, 2.05) is 44.2 Å². The molecule has 0 spiro atoms. The third-order valence-corrected chi connectivity index (χ3v) is 7.41. The van der Waals surface area contributed by atoms with Crippen molar-refractivity contribution in [1.29, 1.82) is 0 Å². The van der Waals surface area contributed by atoms with Crippen LogP contribution in [-0.2, 0) is 4.79 Å². The molecule has 3 aliphatic heterocycles. The average Bonchev–Trinajstić information content (AvgIpc) is 3.28. The number of ether oxygens (including phenoxy) is 2. The van der Waals surface area contributed by atoms with Crippen LogP contribution in [0.25, 0.3) is 0 Å². The van der Waals surface area contributed by atoms with Crippen molar-refractivity contribution in [1.82, 2.24) is 4.90 Å². The number of aliphatic imine (C=N–C) groups is 1. The van der Waals surface area contributed by atoms with E-state index in [2.05, 4.69) is 5.32 Å². The Morgan fingerprint density at radius 1 is 1.05 bits per heavy atom. The number of nitrogens with zero attached hydrogens (tertiary/aromatic N) is 3. The zero-order valence-electron chi connectivity index (χ0n) is 20.9. The van der Waals surface area contributed by atoms with Crippen LogP contribution in [0.5, 0.6) is 11.5 Å². The Kier molecular flexibility index (Phi) is 5.96. The van der Waals surface area contributed by atoms with Gasteiger partial charge in [0, 0.05) is 16.1 Å². The first-order valence-electron chi connectivity index (χ1n) is 12.2. The van der Waals surface area contributed by atoms with Crippen molar-refractivity contribution >= 4 is 52.4 Å². The van der Waals surface area contributed by atoms with Crippen molar-refractivity contribution in [3.05, 3.63) is 81.3 Å². The molecule has 10 heteroatoms. The fourth-order valence-electron chi connectivity index (χ4n) is 5.30. The van der Waals surface area contributed by atoms with Gasteiger partial charge < -0.3 is 14.8 Å². The van der Waals surface area contributed by atoms with E-state index in [4.69, 9.17) is 37.7 Å². The predicted molar refractivity (Wildman–Crippen MR) is 147 cm³/mol. The molecule has 2 atom stereocenters. The first-order valence-corrected chi connectivity index (χ1v) is 12.9. The number of carbonyl (C=O) groups is 2. The van der Waals surface area contributed by atoms with Gasteiger partial charge in [-0.1, -0.05) is 53.5 Å². The van der Waals surface area contributed by atoms with E-state index < -0.39 is 12.1 Å². The number of halogens is 2. The summed E-state index contributed by atoms with van der Waals surface area (Å²) < 4.78 is 11.8. The molecule has 1 N–H and O–H groups in total. The molecule has 3 aliphatic rings. The van der Waals surface area contributed by atoms with Crippen molar-refractivity contribution in [2.24, 2.45) is 4.99 Å². The van der Waals surface area contributed by atoms with Crippen LogP contribution in [0.15, 0.2) is 59.6 Å². The minimum atomic E-state index is -0.567. The van der Waals surface area contributed by atoms with Crippen LogP contribution in [0, 0.1) is 0 Å². The Bertz CT molecular complexity index is 1510. The Hall–Kier alpha value is -3.75. The van der Waals surface area contributed by atoms with Gasteiger partial charge in [0.05, 0.1) is 30.5 Å². The van der Waals surface area contributed by atoms with E-state index in [0.29, 0.717) is 44.3 Å². The monoisotopic (exact) mass is 550 g/mol. The lowest BCUT2D eigenvalue weighted by molar-refractivity contribution is -0.115. The van der Waals surface area contributed by atoms with Crippen LogP contribution in [0.4, 0.5) is 16.2 Å². The summed E-state index contributed by atoms with van der Waals surface area (Å²) in [6, 6.07) is 15.1. The minimum absolute atomic E-state index is 0.155. The Morgan fingerprint density at radius 3 is 2.47 bits per heavy atom. The highest BCUT2D eigenvalue weighted by Crippen LogP contribution is 2.54. The van der Waals surface area contributed by atoms with Crippen molar-refractivity contribution in [2.75, 3.05) is 23.9 Å². The zero-order chi connectivity index (χ0) is 26.7. The van der Waals surface area contributed by atoms with Crippen LogP contribution in [0.2, 0.25) is 10.0 Å². The molecule has 1 unspecified atom stereocenters. The lowest BCUT2D eigenvalue weighted by Crippen LogP contribution is -2.55. The smallest absolute Gasteiger partial charge is 0.331 e. The summed E-state index contributed by atoms with van der Waals surface area (Å²) >= 11 is 12.9. The van der Waals surface area contributed by atoms with Gasteiger partial charge in [-0.25, -0.2) is 4.79 Å². The average molecular weight is 551 g/mol. The number of rotatable bonds is 5. The van der Waals surface area contributed by atoms with Gasteiger partial charge in [0.2, 0.25) is 5.91 Å². The van der Waals surface area contributed by atoms with E-state index in [9.17, 15) is 9.59 Å². The molecule has 0 saturated heterocycles. The summed E-state index contributed by atoms with van der Waals surface area (Å²) in [5.74, 6) is 1.02. The normalized spacial score (nSPS) is 19.7. The third-order valence-electron chi connectivity index (χ3n) is 6.81. The summed E-state index contributed by atoms with van der Waals surface area (Å²) in [6.07, 6.45) is -0.167. The molecule has 3 heterocycles. The molecule has 3 aromatic carbocycles. The lowest BCUT2D eigenvalue weighted by atomic mass is 9.93. The second-order valence-electron chi connectivity index (χ2n) is 9.54. The van der Waals surface area contributed by atoms with Crippen molar-refractivity contribution in [3.8, 4) is 11.5 Å². The molecule has 8 nitrogen and oxygen atoms in total. The number of amidine groups is 1. The molecule has 194 valence electrons. The molecule has 0 aliphatic carbocycles. The summed E-state index contributed by atoms with van der Waals surface area (Å²) in [6.45, 7) is 3.69. The van der Waals surface area contributed by atoms with Crippen LogP contribution in [0.3, 0.4) is 0 Å². The number of hydrogen-bond acceptors (Lipinski definition) is 5. The van der Waals surface area contributed by atoms with E-state index in [-0.39, 0.29) is 24.6 Å². The first kappa shape index (κ1) is 24.6. The molecular formula is C28H24Cl2N4O4. The summed E-state index contributed by atoms with van der Waals surface area (Å²) in [5.41, 5.74) is 3.14. The van der Waals surface area contributed by atoms with Crippen molar-refractivity contribution in [2.45, 2.75) is 32.0 Å². The van der Waals surface area contributed by atoms with Gasteiger partial charge in [0.25, 0.3) is 0 Å². The molecule has 6 rings (SSSR count). The second kappa shape index (κ2) is 9.22. The number of amides is 3. The van der Waals surface area contributed by atoms with E-state index >= 15 is 0 Å². The number of fused-ring (bicyclic) bond motifs is 2. The van der Waals surface area contributed by atoms with Gasteiger partial charge in [-0.05, 0) is 43.2 Å². The Labute approximate surface area is 229 Å². The molecule has 0 fully saturated rings. The van der Waals surface area contributed by atoms with Crippen molar-refractivity contribution < 1.29 is 19.1 Å². The fourth-order valence-corrected chi connectivity index (χ4v) is 5.68. The maximum Gasteiger partial charge on any atom is 0.331 e. The molecule has 0 saturated carbocycles. The van der Waals surface area contributed by atoms with Crippen LogP contribution in [0.1, 0.15) is 42.6 Å².